The summed E-state index contributed by atoms with van der Waals surface area (Å²) in [6.45, 7) is 10.7. The van der Waals surface area contributed by atoms with Gasteiger partial charge in [0.05, 0.1) is 6.42 Å². The fourth-order valence-corrected chi connectivity index (χ4v) is 5.20. The van der Waals surface area contributed by atoms with Crippen LogP contribution in [-0.2, 0) is 28.7 Å². The Kier molecular flexibility index (Phi) is 4.89. The van der Waals surface area contributed by atoms with Gasteiger partial charge in [0.25, 0.3) is 0 Å². The van der Waals surface area contributed by atoms with Gasteiger partial charge < -0.3 is 9.47 Å². The molecule has 6 heteroatoms. The number of hydrogen-bond acceptors (Lipinski definition) is 6. The topological polar surface area (TPSA) is 86.7 Å². The van der Waals surface area contributed by atoms with Crippen LogP contribution in [0.3, 0.4) is 0 Å². The van der Waals surface area contributed by atoms with E-state index in [-0.39, 0.29) is 46.8 Å². The Bertz CT molecular complexity index is 841. The van der Waals surface area contributed by atoms with Crippen molar-refractivity contribution in [2.45, 2.75) is 72.8 Å². The van der Waals surface area contributed by atoms with Gasteiger partial charge in [0.1, 0.15) is 5.60 Å². The molecule has 2 atom stereocenters. The van der Waals surface area contributed by atoms with Crippen molar-refractivity contribution in [3.63, 3.8) is 0 Å². The average molecular weight is 388 g/mol. The van der Waals surface area contributed by atoms with E-state index in [0.717, 1.165) is 0 Å². The zero-order chi connectivity index (χ0) is 21.0. The number of Topliss-reactive ketones (excluding diaryl/α,β-unsaturated/α-hetero) is 2. The van der Waals surface area contributed by atoms with Crippen LogP contribution < -0.4 is 0 Å². The summed E-state index contributed by atoms with van der Waals surface area (Å²) in [4.78, 5) is 50.4. The number of esters is 2. The summed E-state index contributed by atoms with van der Waals surface area (Å²) in [5, 5.41) is 0. The predicted octanol–water partition coefficient (Wildman–Crippen LogP) is 3.44. The van der Waals surface area contributed by atoms with Gasteiger partial charge in [0, 0.05) is 36.0 Å². The smallest absolute Gasteiger partial charge is 0.308 e. The summed E-state index contributed by atoms with van der Waals surface area (Å²) in [5.74, 6) is -2.00. The first kappa shape index (κ1) is 20.5. The van der Waals surface area contributed by atoms with Crippen LogP contribution >= 0.6 is 0 Å². The zero-order valence-electron chi connectivity index (χ0n) is 17.4. The highest BCUT2D eigenvalue weighted by atomic mass is 16.6. The number of hydrogen-bond donors (Lipinski definition) is 0. The molecule has 0 N–H and O–H groups in total. The largest absolute Gasteiger partial charge is 0.459 e. The average Bonchev–Trinajstić information content (AvgIpc) is 2.67. The molecule has 1 heterocycles. The molecule has 0 aromatic carbocycles. The summed E-state index contributed by atoms with van der Waals surface area (Å²) >= 11 is 0. The number of allylic oxidation sites excluding steroid dienone is 3. The molecule has 1 saturated heterocycles. The van der Waals surface area contributed by atoms with Crippen molar-refractivity contribution in [1.29, 1.82) is 0 Å². The predicted molar refractivity (Wildman–Crippen MR) is 101 cm³/mol. The lowest BCUT2D eigenvalue weighted by Crippen LogP contribution is -2.52. The van der Waals surface area contributed by atoms with E-state index in [9.17, 15) is 19.2 Å². The maximum absolute atomic E-state index is 13.3. The molecule has 1 fully saturated rings. The molecule has 0 bridgehead atoms. The highest BCUT2D eigenvalue weighted by Crippen LogP contribution is 2.53. The molecule has 0 aromatic heterocycles. The third kappa shape index (κ3) is 3.23. The van der Waals surface area contributed by atoms with Crippen molar-refractivity contribution in [1.82, 2.24) is 0 Å². The minimum Gasteiger partial charge on any atom is -0.459 e. The maximum Gasteiger partial charge on any atom is 0.308 e. The molecule has 152 valence electrons. The Morgan fingerprint density at radius 1 is 1.07 bits per heavy atom. The van der Waals surface area contributed by atoms with E-state index in [1.54, 1.807) is 13.8 Å². The first-order valence-electron chi connectivity index (χ1n) is 9.83. The summed E-state index contributed by atoms with van der Waals surface area (Å²) in [7, 11) is 0. The van der Waals surface area contributed by atoms with Crippen LogP contribution in [0.25, 0.3) is 0 Å². The van der Waals surface area contributed by atoms with Gasteiger partial charge in [-0.15, -0.1) is 0 Å². The number of ketones is 2. The van der Waals surface area contributed by atoms with Crippen LogP contribution in [0, 0.1) is 17.3 Å². The second kappa shape index (κ2) is 6.68. The molecular formula is C22H28O6. The molecule has 0 amide bonds. The van der Waals surface area contributed by atoms with Crippen LogP contribution in [-0.4, -0.2) is 29.1 Å². The van der Waals surface area contributed by atoms with Crippen LogP contribution in [0.1, 0.15) is 67.2 Å². The van der Waals surface area contributed by atoms with Crippen LogP contribution in [0.5, 0.6) is 0 Å². The molecule has 28 heavy (non-hydrogen) atoms. The van der Waals surface area contributed by atoms with Gasteiger partial charge in [0.2, 0.25) is 5.78 Å². The molecular weight excluding hydrogens is 360 g/mol. The molecule has 0 spiro atoms. The SMILES string of the molecule is CC(=O)OC1=C(C(C)C)C(=O)C2=C(C[C@@]3(C)OC(=O)CC(C)(C)[C@@H]3CC2)C1=O. The van der Waals surface area contributed by atoms with Crippen molar-refractivity contribution in [2.75, 3.05) is 0 Å². The van der Waals surface area contributed by atoms with Crippen LogP contribution in [0.4, 0.5) is 0 Å². The summed E-state index contributed by atoms with van der Waals surface area (Å²) in [6.07, 6.45) is 1.57. The van der Waals surface area contributed by atoms with Gasteiger partial charge >= 0.3 is 11.9 Å². The molecule has 3 rings (SSSR count). The molecule has 6 nitrogen and oxygen atoms in total. The molecule has 0 unspecified atom stereocenters. The Hall–Kier alpha value is -2.24. The van der Waals surface area contributed by atoms with Gasteiger partial charge in [0.15, 0.2) is 11.5 Å². The molecule has 0 aromatic rings. The quantitative estimate of drug-likeness (QED) is 0.532. The van der Waals surface area contributed by atoms with E-state index in [1.165, 1.54) is 6.92 Å². The van der Waals surface area contributed by atoms with Crippen molar-refractivity contribution in [2.24, 2.45) is 17.3 Å². The van der Waals surface area contributed by atoms with E-state index >= 15 is 0 Å². The summed E-state index contributed by atoms with van der Waals surface area (Å²) < 4.78 is 11.0. The lowest BCUT2D eigenvalue weighted by molar-refractivity contribution is -0.189. The second-order valence-electron chi connectivity index (χ2n) is 9.33. The van der Waals surface area contributed by atoms with Crippen molar-refractivity contribution < 1.29 is 28.7 Å². The monoisotopic (exact) mass is 388 g/mol. The fourth-order valence-electron chi connectivity index (χ4n) is 5.20. The third-order valence-corrected chi connectivity index (χ3v) is 6.27. The van der Waals surface area contributed by atoms with E-state index < -0.39 is 17.4 Å². The van der Waals surface area contributed by atoms with Gasteiger partial charge in [-0.3, -0.25) is 19.2 Å². The molecule has 2 aliphatic carbocycles. The zero-order valence-corrected chi connectivity index (χ0v) is 17.4. The van der Waals surface area contributed by atoms with Crippen LogP contribution in [0.2, 0.25) is 0 Å². The standard InChI is InChI=1S/C22H28O6/c1-11(2)17-18(25)13-7-8-15-21(4,5)10-16(24)28-22(15,6)9-14(13)19(26)20(17)27-12(3)23/h11,15H,7-10H2,1-6H3/t15-,22+/m0/s1. The van der Waals surface area contributed by atoms with E-state index in [2.05, 4.69) is 0 Å². The van der Waals surface area contributed by atoms with E-state index in [1.807, 2.05) is 20.8 Å². The lowest BCUT2D eigenvalue weighted by atomic mass is 9.64. The molecule has 1 aliphatic heterocycles. The Labute approximate surface area is 165 Å². The normalized spacial score (nSPS) is 30.0. The van der Waals surface area contributed by atoms with Gasteiger partial charge in [-0.2, -0.15) is 0 Å². The van der Waals surface area contributed by atoms with Gasteiger partial charge in [-0.05, 0) is 31.1 Å². The number of rotatable bonds is 2. The van der Waals surface area contributed by atoms with Crippen molar-refractivity contribution >= 4 is 23.5 Å². The first-order valence-corrected chi connectivity index (χ1v) is 9.83. The maximum atomic E-state index is 13.3. The summed E-state index contributed by atoms with van der Waals surface area (Å²) in [6, 6.07) is 0. The highest BCUT2D eigenvalue weighted by Gasteiger charge is 2.54. The fraction of sp³-hybridized carbons (Fsp3) is 0.636. The van der Waals surface area contributed by atoms with Gasteiger partial charge in [-0.25, -0.2) is 0 Å². The van der Waals surface area contributed by atoms with Crippen LogP contribution in [0.15, 0.2) is 22.5 Å². The number of carbonyl (C=O) groups is 4. The lowest BCUT2D eigenvalue weighted by Gasteiger charge is -2.49. The Balaban J connectivity index is 2.09. The first-order chi connectivity index (χ1) is 12.9. The Morgan fingerprint density at radius 3 is 2.29 bits per heavy atom. The Morgan fingerprint density at radius 2 is 1.71 bits per heavy atom. The van der Waals surface area contributed by atoms with E-state index in [4.69, 9.17) is 9.47 Å². The van der Waals surface area contributed by atoms with Crippen molar-refractivity contribution in [3.05, 3.63) is 22.5 Å². The highest BCUT2D eigenvalue weighted by molar-refractivity contribution is 6.25. The number of fused-ring (bicyclic) bond motifs is 1. The molecule has 0 saturated carbocycles. The van der Waals surface area contributed by atoms with E-state index in [0.29, 0.717) is 30.4 Å². The third-order valence-electron chi connectivity index (χ3n) is 6.27. The van der Waals surface area contributed by atoms with Crippen molar-refractivity contribution in [3.8, 4) is 0 Å². The number of ether oxygens (including phenoxy) is 2. The summed E-state index contributed by atoms with van der Waals surface area (Å²) in [5.41, 5.74) is -0.112. The minimum absolute atomic E-state index is 0.0172. The molecule has 3 aliphatic rings. The number of carbonyl (C=O) groups excluding carboxylic acids is 4. The van der Waals surface area contributed by atoms with Gasteiger partial charge in [-0.1, -0.05) is 27.7 Å². The molecule has 0 radical (unpaired) electrons. The second-order valence-corrected chi connectivity index (χ2v) is 9.33. The minimum atomic E-state index is -0.872.